The van der Waals surface area contributed by atoms with Crippen LogP contribution in [-0.4, -0.2) is 0 Å². The quantitative estimate of drug-likeness (QED) is 0.577. The molecule has 0 aliphatic rings. The summed E-state index contributed by atoms with van der Waals surface area (Å²) in [5.41, 5.74) is 0. The van der Waals surface area contributed by atoms with Gasteiger partial charge in [-0.1, -0.05) is 49.0 Å². The van der Waals surface area contributed by atoms with Gasteiger partial charge in [0.25, 0.3) is 0 Å². The minimum absolute atomic E-state index is 0. The van der Waals surface area contributed by atoms with Crippen molar-refractivity contribution in [1.82, 2.24) is 0 Å². The van der Waals surface area contributed by atoms with E-state index < -0.39 is 0 Å². The molecule has 0 saturated heterocycles. The summed E-state index contributed by atoms with van der Waals surface area (Å²) in [7, 11) is 0. The van der Waals surface area contributed by atoms with E-state index in [1.165, 1.54) is 0 Å². The van der Waals surface area contributed by atoms with Crippen molar-refractivity contribution in [1.29, 1.82) is 0 Å². The van der Waals surface area contributed by atoms with E-state index in [0.29, 0.717) is 0 Å². The highest BCUT2D eigenvalue weighted by atomic mass is 14.3. The molecular formula is C11H26. The molecule has 0 spiro atoms. The standard InChI is InChI=1S/C10H22.CH4/c1-7(2)10(8(3)4)9(5)6;/h7-10H,1-6H3;1H4. The fourth-order valence-corrected chi connectivity index (χ4v) is 2.31. The van der Waals surface area contributed by atoms with E-state index in [0.717, 1.165) is 23.7 Å². The molecule has 11 heavy (non-hydrogen) atoms. The average molecular weight is 158 g/mol. The van der Waals surface area contributed by atoms with Crippen LogP contribution in [0, 0.1) is 23.7 Å². The van der Waals surface area contributed by atoms with Crippen LogP contribution in [0.15, 0.2) is 0 Å². The Bertz CT molecular complexity index is 61.0. The summed E-state index contributed by atoms with van der Waals surface area (Å²) in [5.74, 6) is 3.39. The highest BCUT2D eigenvalue weighted by Crippen LogP contribution is 2.27. The second-order valence-electron chi connectivity index (χ2n) is 4.31. The summed E-state index contributed by atoms with van der Waals surface area (Å²) in [6.07, 6.45) is 0. The Kier molecular flexibility index (Phi) is 6.94. The molecule has 0 aromatic heterocycles. The zero-order valence-corrected chi connectivity index (χ0v) is 8.31. The molecule has 0 aromatic carbocycles. The SMILES string of the molecule is C.CC(C)C(C(C)C)C(C)C. The predicted octanol–water partition coefficient (Wildman–Crippen LogP) is 4.21. The van der Waals surface area contributed by atoms with E-state index >= 15 is 0 Å². The van der Waals surface area contributed by atoms with E-state index in [2.05, 4.69) is 41.5 Å². The van der Waals surface area contributed by atoms with E-state index in [4.69, 9.17) is 0 Å². The van der Waals surface area contributed by atoms with E-state index in [1.54, 1.807) is 0 Å². The highest BCUT2D eigenvalue weighted by Gasteiger charge is 2.20. The van der Waals surface area contributed by atoms with Crippen molar-refractivity contribution in [2.24, 2.45) is 23.7 Å². The van der Waals surface area contributed by atoms with Crippen LogP contribution in [-0.2, 0) is 0 Å². The molecule has 70 valence electrons. The Hall–Kier alpha value is 0. The molecule has 0 amide bonds. The molecule has 0 aliphatic carbocycles. The topological polar surface area (TPSA) is 0 Å². The summed E-state index contributed by atoms with van der Waals surface area (Å²) >= 11 is 0. The third-order valence-corrected chi connectivity index (χ3v) is 2.31. The molecule has 0 N–H and O–H groups in total. The van der Waals surface area contributed by atoms with Crippen LogP contribution in [0.4, 0.5) is 0 Å². The Labute approximate surface area is 73.4 Å². The van der Waals surface area contributed by atoms with Crippen LogP contribution in [0.3, 0.4) is 0 Å². The zero-order chi connectivity index (χ0) is 8.31. The van der Waals surface area contributed by atoms with Gasteiger partial charge in [0.2, 0.25) is 0 Å². The first kappa shape index (κ1) is 13.6. The first-order valence-corrected chi connectivity index (χ1v) is 4.46. The fourth-order valence-electron chi connectivity index (χ4n) is 2.31. The van der Waals surface area contributed by atoms with Crippen LogP contribution < -0.4 is 0 Å². The number of hydrogen-bond donors (Lipinski definition) is 0. The largest absolute Gasteiger partial charge is 0.0776 e. The Morgan fingerprint density at radius 2 is 0.727 bits per heavy atom. The molecule has 0 radical (unpaired) electrons. The second-order valence-corrected chi connectivity index (χ2v) is 4.31. The van der Waals surface area contributed by atoms with Gasteiger partial charge in [0.15, 0.2) is 0 Å². The van der Waals surface area contributed by atoms with Gasteiger partial charge in [-0.25, -0.2) is 0 Å². The van der Waals surface area contributed by atoms with Gasteiger partial charge >= 0.3 is 0 Å². The number of hydrogen-bond acceptors (Lipinski definition) is 0. The van der Waals surface area contributed by atoms with Gasteiger partial charge in [0.1, 0.15) is 0 Å². The lowest BCUT2D eigenvalue weighted by molar-refractivity contribution is 0.212. The van der Waals surface area contributed by atoms with Crippen molar-refractivity contribution >= 4 is 0 Å². The van der Waals surface area contributed by atoms with Gasteiger partial charge in [0, 0.05) is 0 Å². The predicted molar refractivity (Wildman–Crippen MR) is 54.7 cm³/mol. The van der Waals surface area contributed by atoms with Gasteiger partial charge in [0.05, 0.1) is 0 Å². The molecule has 0 saturated carbocycles. The third-order valence-electron chi connectivity index (χ3n) is 2.31. The number of rotatable bonds is 3. The molecule has 0 fully saturated rings. The zero-order valence-electron chi connectivity index (χ0n) is 8.31. The van der Waals surface area contributed by atoms with Crippen LogP contribution in [0.1, 0.15) is 49.0 Å². The first-order valence-electron chi connectivity index (χ1n) is 4.46. The van der Waals surface area contributed by atoms with Crippen LogP contribution in [0.5, 0.6) is 0 Å². The minimum Gasteiger partial charge on any atom is -0.0776 e. The van der Waals surface area contributed by atoms with Crippen molar-refractivity contribution in [3.8, 4) is 0 Å². The lowest BCUT2D eigenvalue weighted by Gasteiger charge is -2.28. The smallest absolute Gasteiger partial charge is 0.0345 e. The van der Waals surface area contributed by atoms with Crippen LogP contribution in [0.25, 0.3) is 0 Å². The molecule has 0 unspecified atom stereocenters. The van der Waals surface area contributed by atoms with Gasteiger partial charge in [-0.2, -0.15) is 0 Å². The summed E-state index contributed by atoms with van der Waals surface area (Å²) in [6.45, 7) is 13.9. The maximum absolute atomic E-state index is 2.32. The molecule has 0 aliphatic heterocycles. The van der Waals surface area contributed by atoms with Crippen molar-refractivity contribution in [3.05, 3.63) is 0 Å². The minimum atomic E-state index is 0. The maximum atomic E-state index is 2.32. The molecule has 0 heteroatoms. The fraction of sp³-hybridized carbons (Fsp3) is 1.00. The van der Waals surface area contributed by atoms with Crippen molar-refractivity contribution < 1.29 is 0 Å². The van der Waals surface area contributed by atoms with E-state index in [-0.39, 0.29) is 7.43 Å². The van der Waals surface area contributed by atoms with Gasteiger partial charge < -0.3 is 0 Å². The Morgan fingerprint density at radius 1 is 0.545 bits per heavy atom. The monoisotopic (exact) mass is 158 g/mol. The first-order chi connectivity index (χ1) is 4.46. The normalized spacial score (nSPS) is 11.5. The Morgan fingerprint density at radius 3 is 0.727 bits per heavy atom. The van der Waals surface area contributed by atoms with Gasteiger partial charge in [-0.05, 0) is 23.7 Å². The lowest BCUT2D eigenvalue weighted by atomic mass is 9.78. The van der Waals surface area contributed by atoms with Crippen molar-refractivity contribution in [3.63, 3.8) is 0 Å². The maximum Gasteiger partial charge on any atom is -0.0345 e. The summed E-state index contributed by atoms with van der Waals surface area (Å²) < 4.78 is 0. The highest BCUT2D eigenvalue weighted by molar-refractivity contribution is 4.69. The molecule has 0 heterocycles. The second kappa shape index (κ2) is 5.62. The summed E-state index contributed by atoms with van der Waals surface area (Å²) in [6, 6.07) is 0. The summed E-state index contributed by atoms with van der Waals surface area (Å²) in [4.78, 5) is 0. The van der Waals surface area contributed by atoms with Crippen molar-refractivity contribution in [2.75, 3.05) is 0 Å². The lowest BCUT2D eigenvalue weighted by Crippen LogP contribution is -2.21. The van der Waals surface area contributed by atoms with Crippen LogP contribution >= 0.6 is 0 Å². The van der Waals surface area contributed by atoms with Gasteiger partial charge in [-0.3, -0.25) is 0 Å². The Balaban J connectivity index is 0. The molecule has 0 rings (SSSR count). The molecule has 0 bridgehead atoms. The molecule has 0 nitrogen and oxygen atoms in total. The summed E-state index contributed by atoms with van der Waals surface area (Å²) in [5, 5.41) is 0. The van der Waals surface area contributed by atoms with Crippen molar-refractivity contribution in [2.45, 2.75) is 49.0 Å². The van der Waals surface area contributed by atoms with E-state index in [9.17, 15) is 0 Å². The average Bonchev–Trinajstić information content (AvgIpc) is 1.59. The van der Waals surface area contributed by atoms with Gasteiger partial charge in [-0.15, -0.1) is 0 Å². The molecule has 0 aromatic rings. The third kappa shape index (κ3) is 4.44. The van der Waals surface area contributed by atoms with Crippen LogP contribution in [0.2, 0.25) is 0 Å². The molecular weight excluding hydrogens is 132 g/mol. The van der Waals surface area contributed by atoms with E-state index in [1.807, 2.05) is 0 Å². The molecule has 0 atom stereocenters.